The normalized spacial score (nSPS) is 20.5. The van der Waals surface area contributed by atoms with Gasteiger partial charge in [0.2, 0.25) is 11.8 Å². The summed E-state index contributed by atoms with van der Waals surface area (Å²) in [6, 6.07) is 5.47. The summed E-state index contributed by atoms with van der Waals surface area (Å²) >= 11 is 0. The molecule has 0 radical (unpaired) electrons. The van der Waals surface area contributed by atoms with Crippen LogP contribution in [-0.2, 0) is 14.3 Å². The molecule has 1 fully saturated rings. The van der Waals surface area contributed by atoms with Crippen LogP contribution in [0.25, 0.3) is 0 Å². The number of ether oxygens (including phenoxy) is 1. The first-order valence-electron chi connectivity index (χ1n) is 8.43. The Morgan fingerprint density at radius 2 is 2.00 bits per heavy atom. The summed E-state index contributed by atoms with van der Waals surface area (Å²) in [5.41, 5.74) is 2.83. The molecule has 2 N–H and O–H groups in total. The Morgan fingerprint density at radius 1 is 1.33 bits per heavy atom. The minimum atomic E-state index is -0.397. The lowest BCUT2D eigenvalue weighted by atomic mass is 10.1. The Kier molecular flexibility index (Phi) is 6.34. The van der Waals surface area contributed by atoms with Crippen LogP contribution >= 0.6 is 0 Å². The second-order valence-corrected chi connectivity index (χ2v) is 6.18. The molecule has 2 rings (SSSR count). The second-order valence-electron chi connectivity index (χ2n) is 6.18. The summed E-state index contributed by atoms with van der Waals surface area (Å²) in [5.74, 6) is -0.284. The molecule has 6 heteroatoms. The molecular weight excluding hydrogens is 306 g/mol. The van der Waals surface area contributed by atoms with Crippen molar-refractivity contribution in [2.24, 2.45) is 0 Å². The van der Waals surface area contributed by atoms with Crippen LogP contribution in [0.3, 0.4) is 0 Å². The van der Waals surface area contributed by atoms with Crippen LogP contribution < -0.4 is 10.6 Å². The predicted octanol–water partition coefficient (Wildman–Crippen LogP) is 1.47. The lowest BCUT2D eigenvalue weighted by Gasteiger charge is -2.33. The smallest absolute Gasteiger partial charge is 0.244 e. The van der Waals surface area contributed by atoms with Gasteiger partial charge in [0, 0.05) is 18.8 Å². The first kappa shape index (κ1) is 18.4. The Bertz CT molecular complexity index is 583. The van der Waals surface area contributed by atoms with E-state index in [0.29, 0.717) is 19.7 Å². The van der Waals surface area contributed by atoms with Crippen molar-refractivity contribution in [3.05, 3.63) is 29.3 Å². The molecule has 1 heterocycles. The summed E-state index contributed by atoms with van der Waals surface area (Å²) in [6.07, 6.45) is -0.193. The van der Waals surface area contributed by atoms with Gasteiger partial charge in [-0.15, -0.1) is 0 Å². The molecule has 0 unspecified atom stereocenters. The number of nitrogens with one attached hydrogen (secondary N) is 2. The van der Waals surface area contributed by atoms with Crippen molar-refractivity contribution in [3.63, 3.8) is 0 Å². The number of para-hydroxylation sites is 1. The predicted molar refractivity (Wildman–Crippen MR) is 94.0 cm³/mol. The molecule has 24 heavy (non-hydrogen) atoms. The van der Waals surface area contributed by atoms with E-state index in [-0.39, 0.29) is 24.5 Å². The molecule has 1 aliphatic heterocycles. The number of carbonyl (C=O) groups is 2. The molecule has 1 saturated heterocycles. The lowest BCUT2D eigenvalue weighted by Crippen LogP contribution is -2.57. The Hall–Kier alpha value is -1.92. The topological polar surface area (TPSA) is 70.7 Å². The van der Waals surface area contributed by atoms with Gasteiger partial charge in [-0.2, -0.15) is 0 Å². The van der Waals surface area contributed by atoms with Gasteiger partial charge >= 0.3 is 0 Å². The molecule has 1 aromatic rings. The molecule has 1 aliphatic rings. The molecule has 0 spiro atoms. The van der Waals surface area contributed by atoms with E-state index in [0.717, 1.165) is 16.8 Å². The summed E-state index contributed by atoms with van der Waals surface area (Å²) < 4.78 is 5.53. The maximum Gasteiger partial charge on any atom is 0.244 e. The van der Waals surface area contributed by atoms with Crippen molar-refractivity contribution in [3.8, 4) is 0 Å². The number of rotatable bonds is 5. The van der Waals surface area contributed by atoms with Gasteiger partial charge in [-0.25, -0.2) is 0 Å². The first-order chi connectivity index (χ1) is 11.4. The Balaban J connectivity index is 2.01. The number of carbonyl (C=O) groups excluding carboxylic acids is 2. The van der Waals surface area contributed by atoms with Crippen molar-refractivity contribution in [2.45, 2.75) is 39.8 Å². The monoisotopic (exact) mass is 333 g/mol. The molecule has 0 saturated carbocycles. The van der Waals surface area contributed by atoms with Gasteiger partial charge < -0.3 is 20.3 Å². The summed E-state index contributed by atoms with van der Waals surface area (Å²) in [5, 5.41) is 6.10. The number of hydrogen-bond donors (Lipinski definition) is 2. The maximum atomic E-state index is 12.7. The highest BCUT2D eigenvalue weighted by Crippen LogP contribution is 2.19. The van der Waals surface area contributed by atoms with Crippen LogP contribution in [0.1, 0.15) is 25.0 Å². The second kappa shape index (κ2) is 8.26. The average molecular weight is 333 g/mol. The van der Waals surface area contributed by atoms with Gasteiger partial charge in [-0.05, 0) is 38.8 Å². The molecule has 2 amide bonds. The molecule has 132 valence electrons. The molecule has 2 atom stereocenters. The van der Waals surface area contributed by atoms with E-state index in [9.17, 15) is 9.59 Å². The van der Waals surface area contributed by atoms with E-state index in [2.05, 4.69) is 10.6 Å². The summed E-state index contributed by atoms with van der Waals surface area (Å²) in [7, 11) is 0. The van der Waals surface area contributed by atoms with E-state index in [1.807, 2.05) is 45.9 Å². The fourth-order valence-electron chi connectivity index (χ4n) is 2.92. The minimum absolute atomic E-state index is 0.0357. The summed E-state index contributed by atoms with van der Waals surface area (Å²) in [4.78, 5) is 26.6. The van der Waals surface area contributed by atoms with E-state index in [1.165, 1.54) is 0 Å². The van der Waals surface area contributed by atoms with Crippen LogP contribution in [0.2, 0.25) is 0 Å². The van der Waals surface area contributed by atoms with Crippen LogP contribution in [-0.4, -0.2) is 55.1 Å². The number of amides is 2. The third-order valence-electron chi connectivity index (χ3n) is 4.36. The maximum absolute atomic E-state index is 12.7. The van der Waals surface area contributed by atoms with Gasteiger partial charge in [-0.3, -0.25) is 9.59 Å². The van der Waals surface area contributed by atoms with Crippen molar-refractivity contribution in [2.75, 3.05) is 31.6 Å². The largest absolute Gasteiger partial charge is 0.375 e. The first-order valence-corrected chi connectivity index (χ1v) is 8.43. The highest BCUT2D eigenvalue weighted by atomic mass is 16.5. The van der Waals surface area contributed by atoms with Gasteiger partial charge in [0.1, 0.15) is 6.04 Å². The average Bonchev–Trinajstić information content (AvgIpc) is 2.56. The highest BCUT2D eigenvalue weighted by molar-refractivity contribution is 5.96. The number of nitrogens with zero attached hydrogens (tertiary/aromatic N) is 1. The van der Waals surface area contributed by atoms with Crippen LogP contribution in [0.4, 0.5) is 5.69 Å². The highest BCUT2D eigenvalue weighted by Gasteiger charge is 2.32. The third-order valence-corrected chi connectivity index (χ3v) is 4.36. The molecule has 0 aromatic heterocycles. The van der Waals surface area contributed by atoms with E-state index < -0.39 is 6.04 Å². The number of benzene rings is 1. The standard InChI is InChI=1S/C18H27N3O3/c1-5-21(18(23)17-14(4)24-10-9-19-17)11-15(22)20-16-12(2)7-6-8-13(16)3/h6-8,14,17,19H,5,9-11H2,1-4H3,(H,20,22)/t14-,17+/m1/s1. The van der Waals surface area contributed by atoms with Gasteiger partial charge in [-0.1, -0.05) is 18.2 Å². The summed E-state index contributed by atoms with van der Waals surface area (Å²) in [6.45, 7) is 9.42. The molecular formula is C18H27N3O3. The number of hydrogen-bond acceptors (Lipinski definition) is 4. The number of likely N-dealkylation sites (N-methyl/N-ethyl adjacent to an activating group) is 1. The zero-order valence-electron chi connectivity index (χ0n) is 14.9. The van der Waals surface area contributed by atoms with Crippen molar-refractivity contribution >= 4 is 17.5 Å². The van der Waals surface area contributed by atoms with Crippen LogP contribution in [0, 0.1) is 13.8 Å². The molecule has 6 nitrogen and oxygen atoms in total. The molecule has 0 aliphatic carbocycles. The third kappa shape index (κ3) is 4.33. The van der Waals surface area contributed by atoms with Gasteiger partial charge in [0.05, 0.1) is 19.3 Å². The fourth-order valence-corrected chi connectivity index (χ4v) is 2.92. The van der Waals surface area contributed by atoms with Crippen LogP contribution in [0.5, 0.6) is 0 Å². The fraction of sp³-hybridized carbons (Fsp3) is 0.556. The quantitative estimate of drug-likeness (QED) is 0.856. The minimum Gasteiger partial charge on any atom is -0.375 e. The zero-order chi connectivity index (χ0) is 17.7. The number of morpholine rings is 1. The Morgan fingerprint density at radius 3 is 2.58 bits per heavy atom. The molecule has 1 aromatic carbocycles. The molecule has 0 bridgehead atoms. The zero-order valence-corrected chi connectivity index (χ0v) is 14.9. The van der Waals surface area contributed by atoms with Gasteiger partial charge in [0.15, 0.2) is 0 Å². The Labute approximate surface area is 143 Å². The van der Waals surface area contributed by atoms with E-state index in [4.69, 9.17) is 4.74 Å². The van der Waals surface area contributed by atoms with E-state index in [1.54, 1.807) is 4.90 Å². The lowest BCUT2D eigenvalue weighted by molar-refractivity contribution is -0.141. The van der Waals surface area contributed by atoms with Crippen molar-refractivity contribution < 1.29 is 14.3 Å². The van der Waals surface area contributed by atoms with Crippen molar-refractivity contribution in [1.29, 1.82) is 0 Å². The SMILES string of the molecule is CCN(CC(=O)Nc1c(C)cccc1C)C(=O)[C@H]1NCCO[C@@H]1C. The van der Waals surface area contributed by atoms with Gasteiger partial charge in [0.25, 0.3) is 0 Å². The number of aryl methyl sites for hydroxylation is 2. The van der Waals surface area contributed by atoms with Crippen LogP contribution in [0.15, 0.2) is 18.2 Å². The van der Waals surface area contributed by atoms with E-state index >= 15 is 0 Å². The van der Waals surface area contributed by atoms with Crippen molar-refractivity contribution in [1.82, 2.24) is 10.2 Å². The number of anilines is 1.